The summed E-state index contributed by atoms with van der Waals surface area (Å²) in [6, 6.07) is 0. The van der Waals surface area contributed by atoms with Crippen LogP contribution in [-0.4, -0.2) is 17.7 Å². The van der Waals surface area contributed by atoms with Crippen LogP contribution >= 0.6 is 0 Å². The zero-order valence-corrected chi connectivity index (χ0v) is 25.6. The molecule has 0 radical (unpaired) electrons. The summed E-state index contributed by atoms with van der Waals surface area (Å²) < 4.78 is 6.01. The standard InChI is InChI=1S/C34H59NO2/c1-23(2)11-9-10-12-25-14-16-29-28-15-13-26-21-27(37-31(36)35-32(5,6)22-24(3)4)17-19-34(26,8)30(28)18-20-33(25,29)7/h13,23-25,27-30H,9-12,14-22H2,1-8H3,(H,35,36). The first kappa shape index (κ1) is 29.0. The summed E-state index contributed by atoms with van der Waals surface area (Å²) in [6.45, 7) is 18.6. The van der Waals surface area contributed by atoms with Crippen molar-refractivity contribution in [2.45, 2.75) is 151 Å². The lowest BCUT2D eigenvalue weighted by atomic mass is 9.47. The fourth-order valence-electron chi connectivity index (χ4n) is 9.78. The van der Waals surface area contributed by atoms with Crippen LogP contribution in [0.3, 0.4) is 0 Å². The number of hydrogen-bond acceptors (Lipinski definition) is 2. The minimum atomic E-state index is -0.229. The van der Waals surface area contributed by atoms with Crippen molar-refractivity contribution in [1.82, 2.24) is 5.32 Å². The lowest BCUT2D eigenvalue weighted by Crippen LogP contribution is -2.51. The number of fused-ring (bicyclic) bond motifs is 5. The second kappa shape index (κ2) is 11.2. The van der Waals surface area contributed by atoms with Gasteiger partial charge in [-0.1, -0.05) is 72.5 Å². The zero-order chi connectivity index (χ0) is 27.0. The molecule has 3 fully saturated rings. The Labute approximate surface area is 229 Å². The van der Waals surface area contributed by atoms with Crippen LogP contribution < -0.4 is 5.32 Å². The summed E-state index contributed by atoms with van der Waals surface area (Å²) in [5.74, 6) is 4.95. The predicted octanol–water partition coefficient (Wildman–Crippen LogP) is 9.70. The number of alkyl carbamates (subject to hydrolysis) is 1. The van der Waals surface area contributed by atoms with Crippen molar-refractivity contribution in [2.24, 2.45) is 46.3 Å². The molecule has 212 valence electrons. The minimum absolute atomic E-state index is 0.0290. The normalized spacial score (nSPS) is 37.6. The third-order valence-corrected chi connectivity index (χ3v) is 11.5. The van der Waals surface area contributed by atoms with Gasteiger partial charge in [-0.25, -0.2) is 4.79 Å². The predicted molar refractivity (Wildman–Crippen MR) is 155 cm³/mol. The summed E-state index contributed by atoms with van der Waals surface area (Å²) >= 11 is 0. The number of unbranched alkanes of at least 4 members (excludes halogenated alkanes) is 1. The van der Waals surface area contributed by atoms with Gasteiger partial charge in [0.2, 0.25) is 0 Å². The number of nitrogens with one attached hydrogen (secondary N) is 1. The van der Waals surface area contributed by atoms with Crippen molar-refractivity contribution < 1.29 is 9.53 Å². The fraction of sp³-hybridized carbons (Fsp3) is 0.912. The highest BCUT2D eigenvalue weighted by atomic mass is 16.6. The number of amides is 1. The third kappa shape index (κ3) is 6.27. The molecule has 4 aliphatic rings. The van der Waals surface area contributed by atoms with Crippen molar-refractivity contribution in [2.75, 3.05) is 0 Å². The van der Waals surface area contributed by atoms with Crippen LogP contribution in [0.25, 0.3) is 0 Å². The van der Waals surface area contributed by atoms with E-state index in [2.05, 4.69) is 66.8 Å². The van der Waals surface area contributed by atoms with Crippen LogP contribution in [0.15, 0.2) is 11.6 Å². The lowest BCUT2D eigenvalue weighted by Gasteiger charge is -2.58. The van der Waals surface area contributed by atoms with Gasteiger partial charge in [-0.05, 0) is 118 Å². The molecule has 0 saturated heterocycles. The molecule has 0 aliphatic heterocycles. The van der Waals surface area contributed by atoms with Gasteiger partial charge >= 0.3 is 6.09 Å². The SMILES string of the molecule is CC(C)CCCCC1CCC2C3CC=C4CC(OC(=O)NC(C)(C)CC(C)C)CCC4(C)C3CCC12C. The molecule has 4 rings (SSSR count). The number of carbonyl (C=O) groups is 1. The van der Waals surface area contributed by atoms with Gasteiger partial charge in [0.25, 0.3) is 0 Å². The maximum Gasteiger partial charge on any atom is 0.407 e. The van der Waals surface area contributed by atoms with Crippen molar-refractivity contribution in [1.29, 1.82) is 0 Å². The molecular weight excluding hydrogens is 454 g/mol. The molecule has 3 nitrogen and oxygen atoms in total. The molecule has 0 heterocycles. The number of carbonyl (C=O) groups excluding carboxylic acids is 1. The molecule has 1 N–H and O–H groups in total. The number of allylic oxidation sites excluding steroid dienone is 1. The Morgan fingerprint density at radius 1 is 1.03 bits per heavy atom. The van der Waals surface area contributed by atoms with Gasteiger partial charge in [0.05, 0.1) is 0 Å². The van der Waals surface area contributed by atoms with E-state index in [1.165, 1.54) is 64.2 Å². The molecule has 0 aromatic carbocycles. The Bertz CT molecular complexity index is 828. The molecule has 0 aromatic heterocycles. The zero-order valence-electron chi connectivity index (χ0n) is 25.6. The topological polar surface area (TPSA) is 38.3 Å². The van der Waals surface area contributed by atoms with Crippen LogP contribution in [0.2, 0.25) is 0 Å². The highest BCUT2D eigenvalue weighted by molar-refractivity contribution is 5.68. The highest BCUT2D eigenvalue weighted by Gasteiger charge is 2.58. The molecule has 0 aromatic rings. The maximum absolute atomic E-state index is 12.7. The van der Waals surface area contributed by atoms with E-state index in [0.717, 1.165) is 48.9 Å². The van der Waals surface area contributed by atoms with E-state index in [9.17, 15) is 4.79 Å². The average molecular weight is 514 g/mol. The van der Waals surface area contributed by atoms with Crippen LogP contribution in [0, 0.1) is 46.3 Å². The van der Waals surface area contributed by atoms with Crippen molar-refractivity contribution in [3.8, 4) is 0 Å². The Morgan fingerprint density at radius 3 is 2.49 bits per heavy atom. The van der Waals surface area contributed by atoms with Gasteiger partial charge in [0.15, 0.2) is 0 Å². The minimum Gasteiger partial charge on any atom is -0.446 e. The molecule has 3 saturated carbocycles. The first-order valence-corrected chi connectivity index (χ1v) is 16.0. The van der Waals surface area contributed by atoms with E-state index in [1.807, 2.05) is 0 Å². The van der Waals surface area contributed by atoms with Gasteiger partial charge in [0, 0.05) is 12.0 Å². The molecule has 1 amide bonds. The van der Waals surface area contributed by atoms with Crippen LogP contribution in [0.4, 0.5) is 4.79 Å². The van der Waals surface area contributed by atoms with Crippen molar-refractivity contribution >= 4 is 6.09 Å². The summed E-state index contributed by atoms with van der Waals surface area (Å²) in [6.07, 6.45) is 19.2. The Balaban J connectivity index is 1.36. The van der Waals surface area contributed by atoms with E-state index >= 15 is 0 Å². The van der Waals surface area contributed by atoms with Crippen molar-refractivity contribution in [3.05, 3.63) is 11.6 Å². The van der Waals surface area contributed by atoms with Gasteiger partial charge < -0.3 is 10.1 Å². The number of hydrogen-bond donors (Lipinski definition) is 1. The molecule has 3 heteroatoms. The highest BCUT2D eigenvalue weighted by Crippen LogP contribution is 2.66. The average Bonchev–Trinajstić information content (AvgIpc) is 3.11. The fourth-order valence-corrected chi connectivity index (χ4v) is 9.78. The van der Waals surface area contributed by atoms with Gasteiger partial charge in [-0.15, -0.1) is 0 Å². The van der Waals surface area contributed by atoms with E-state index in [1.54, 1.807) is 5.57 Å². The van der Waals surface area contributed by atoms with E-state index in [0.29, 0.717) is 16.7 Å². The van der Waals surface area contributed by atoms with E-state index < -0.39 is 0 Å². The molecular formula is C34H59NO2. The quantitative estimate of drug-likeness (QED) is 0.246. The monoisotopic (exact) mass is 513 g/mol. The Kier molecular flexibility index (Phi) is 8.81. The largest absolute Gasteiger partial charge is 0.446 e. The molecule has 0 bridgehead atoms. The second-order valence-corrected chi connectivity index (χ2v) is 15.6. The summed E-state index contributed by atoms with van der Waals surface area (Å²) in [7, 11) is 0. The van der Waals surface area contributed by atoms with E-state index in [4.69, 9.17) is 4.74 Å². The molecule has 7 atom stereocenters. The first-order chi connectivity index (χ1) is 17.3. The van der Waals surface area contributed by atoms with Crippen LogP contribution in [0.1, 0.15) is 139 Å². The van der Waals surface area contributed by atoms with Gasteiger partial charge in [0.1, 0.15) is 6.10 Å². The molecule has 0 spiro atoms. The Morgan fingerprint density at radius 2 is 1.78 bits per heavy atom. The Hall–Kier alpha value is -0.990. The maximum atomic E-state index is 12.7. The number of rotatable bonds is 9. The smallest absolute Gasteiger partial charge is 0.407 e. The second-order valence-electron chi connectivity index (χ2n) is 15.6. The summed E-state index contributed by atoms with van der Waals surface area (Å²) in [5.41, 5.74) is 2.26. The third-order valence-electron chi connectivity index (χ3n) is 11.5. The number of ether oxygens (including phenoxy) is 1. The lowest BCUT2D eigenvalue weighted by molar-refractivity contribution is -0.0521. The van der Waals surface area contributed by atoms with Gasteiger partial charge in [-0.2, -0.15) is 0 Å². The summed E-state index contributed by atoms with van der Waals surface area (Å²) in [5, 5.41) is 3.14. The van der Waals surface area contributed by atoms with E-state index in [-0.39, 0.29) is 17.7 Å². The first-order valence-electron chi connectivity index (χ1n) is 16.0. The molecule has 7 unspecified atom stereocenters. The van der Waals surface area contributed by atoms with Crippen LogP contribution in [-0.2, 0) is 4.74 Å². The summed E-state index contributed by atoms with van der Waals surface area (Å²) in [4.78, 5) is 12.7. The molecule has 4 aliphatic carbocycles. The molecule has 37 heavy (non-hydrogen) atoms. The van der Waals surface area contributed by atoms with Gasteiger partial charge in [-0.3, -0.25) is 0 Å². The van der Waals surface area contributed by atoms with Crippen molar-refractivity contribution in [3.63, 3.8) is 0 Å². The van der Waals surface area contributed by atoms with Crippen LogP contribution in [0.5, 0.6) is 0 Å².